The normalized spacial score (nSPS) is 11.9. The monoisotopic (exact) mass is 1200 g/mol. The molecule has 0 bridgehead atoms. The largest absolute Gasteiger partial charge is 0.510 e. The average molecular weight is 1200 g/mol. The van der Waals surface area contributed by atoms with Crippen LogP contribution in [0.4, 0.5) is 0 Å². The fraction of sp³-hybridized carbons (Fsp3) is 0.0704. The Labute approximate surface area is 471 Å². The van der Waals surface area contributed by atoms with Gasteiger partial charge < -0.3 is 23.0 Å². The van der Waals surface area contributed by atoms with Crippen LogP contribution >= 0.6 is 0 Å². The number of rotatable bonds is 8. The van der Waals surface area contributed by atoms with Gasteiger partial charge in [0.15, 0.2) is 0 Å². The van der Waals surface area contributed by atoms with Crippen LogP contribution in [0.1, 0.15) is 26.3 Å². The van der Waals surface area contributed by atoms with Gasteiger partial charge in [0.1, 0.15) is 5.82 Å². The molecule has 0 fully saturated rings. The maximum atomic E-state index is 6.97. The maximum absolute atomic E-state index is 6.97. The standard InChI is InChI=1S/C71H50N6O.Pt/c1-71(2,3)48-40-41-72-63(42-48)77-62-44-52(38-39-57(62)66-69-65(68-64(70(66)77)55-30-14-16-34-58(55)73(68)4)56-31-15-17-35-59(56)76(69)49-26-12-7-13-27-49)78-51-29-20-28-50(43-51)74-45-75(61-37-19-18-36-60(61)74)67-53(46-22-8-5-9-23-46)32-21-33-54(67)47-24-10-6-11-25-47;/h5-42H,1-4H3;/q-2;. The van der Waals surface area contributed by atoms with Crippen molar-refractivity contribution in [1.82, 2.24) is 23.3 Å². The van der Waals surface area contributed by atoms with E-state index in [1.807, 2.05) is 18.3 Å². The molecule has 0 aliphatic heterocycles. The topological polar surface area (TPSA) is 45.7 Å². The van der Waals surface area contributed by atoms with Gasteiger partial charge in [-0.25, -0.2) is 4.98 Å². The number of aromatic nitrogens is 6. The third kappa shape index (κ3) is 7.59. The van der Waals surface area contributed by atoms with E-state index in [4.69, 9.17) is 9.72 Å². The minimum absolute atomic E-state index is 0. The number of aryl methyl sites for hydroxylation is 1. The summed E-state index contributed by atoms with van der Waals surface area (Å²) in [6, 6.07) is 86.8. The molecule has 15 rings (SSSR count). The number of hydrogen-bond donors (Lipinski definition) is 0. The van der Waals surface area contributed by atoms with Gasteiger partial charge in [0.2, 0.25) is 0 Å². The second-order valence-electron chi connectivity index (χ2n) is 21.2. The molecule has 0 radical (unpaired) electrons. The van der Waals surface area contributed by atoms with Crippen LogP contribution in [0.3, 0.4) is 0 Å². The number of fused-ring (bicyclic) bond motifs is 13. The van der Waals surface area contributed by atoms with Gasteiger partial charge in [0.25, 0.3) is 6.33 Å². The fourth-order valence-electron chi connectivity index (χ4n) is 12.1. The molecule has 0 unspecified atom stereocenters. The van der Waals surface area contributed by atoms with Crippen molar-refractivity contribution in [3.63, 3.8) is 0 Å². The molecule has 15 aromatic rings. The van der Waals surface area contributed by atoms with Crippen molar-refractivity contribution in [2.75, 3.05) is 0 Å². The van der Waals surface area contributed by atoms with E-state index in [9.17, 15) is 0 Å². The van der Waals surface area contributed by atoms with Crippen molar-refractivity contribution >= 4 is 76.5 Å². The first kappa shape index (κ1) is 48.1. The Balaban J connectivity index is 0.00000564. The molecule has 0 saturated heterocycles. The summed E-state index contributed by atoms with van der Waals surface area (Å²) >= 11 is 0. The smallest absolute Gasteiger partial charge is 0.268 e. The van der Waals surface area contributed by atoms with E-state index in [1.165, 1.54) is 27.2 Å². The molecular weight excluding hydrogens is 1150 g/mol. The molecule has 5 aromatic heterocycles. The fourth-order valence-corrected chi connectivity index (χ4v) is 12.1. The Morgan fingerprint density at radius 2 is 1.06 bits per heavy atom. The molecule has 0 aliphatic rings. The third-order valence-corrected chi connectivity index (χ3v) is 15.6. The summed E-state index contributed by atoms with van der Waals surface area (Å²) in [5.41, 5.74) is 16.9. The predicted molar refractivity (Wildman–Crippen MR) is 318 cm³/mol. The second kappa shape index (κ2) is 18.7. The summed E-state index contributed by atoms with van der Waals surface area (Å²) in [5.74, 6) is 1.92. The Bertz CT molecular complexity index is 4810. The van der Waals surface area contributed by atoms with Crippen LogP contribution in [0.25, 0.3) is 122 Å². The van der Waals surface area contributed by atoms with Gasteiger partial charge in [0, 0.05) is 78.6 Å². The zero-order valence-electron chi connectivity index (χ0n) is 43.8. The summed E-state index contributed by atoms with van der Waals surface area (Å²) < 4.78 is 18.4. The maximum Gasteiger partial charge on any atom is 0.268 e. The molecule has 0 amide bonds. The molecule has 5 heterocycles. The van der Waals surface area contributed by atoms with E-state index in [1.54, 1.807) is 0 Å². The van der Waals surface area contributed by atoms with Gasteiger partial charge >= 0.3 is 0 Å². The van der Waals surface area contributed by atoms with Gasteiger partial charge in [-0.05, 0) is 80.7 Å². The number of ether oxygens (including phenoxy) is 1. The van der Waals surface area contributed by atoms with Gasteiger partial charge in [0.05, 0.1) is 38.8 Å². The Morgan fingerprint density at radius 1 is 0.494 bits per heavy atom. The van der Waals surface area contributed by atoms with E-state index in [0.717, 1.165) is 99.9 Å². The van der Waals surface area contributed by atoms with Crippen molar-refractivity contribution < 1.29 is 30.4 Å². The molecule has 8 heteroatoms. The number of nitrogens with zero attached hydrogens (tertiary/aromatic N) is 6. The summed E-state index contributed by atoms with van der Waals surface area (Å²) in [6.45, 7) is 6.76. The molecule has 0 N–H and O–H groups in total. The molecular formula is C71H50N6OPt-2. The summed E-state index contributed by atoms with van der Waals surface area (Å²) in [7, 11) is 2.21. The number of para-hydroxylation sites is 6. The van der Waals surface area contributed by atoms with Gasteiger partial charge in [-0.1, -0.05) is 189 Å². The average Bonchev–Trinajstić information content (AvgIpc) is 3.37. The van der Waals surface area contributed by atoms with E-state index in [0.29, 0.717) is 11.5 Å². The van der Waals surface area contributed by atoms with Crippen LogP contribution in [0.2, 0.25) is 0 Å². The van der Waals surface area contributed by atoms with Gasteiger partial charge in [-0.3, -0.25) is 4.57 Å². The van der Waals surface area contributed by atoms with Gasteiger partial charge in [-0.2, -0.15) is 18.2 Å². The molecule has 0 saturated carbocycles. The molecule has 7 nitrogen and oxygen atoms in total. The van der Waals surface area contributed by atoms with Crippen LogP contribution in [0, 0.1) is 18.5 Å². The minimum Gasteiger partial charge on any atom is -0.510 e. The Hall–Kier alpha value is -9.29. The van der Waals surface area contributed by atoms with Crippen molar-refractivity contribution in [1.29, 1.82) is 0 Å². The van der Waals surface area contributed by atoms with Crippen molar-refractivity contribution in [3.05, 3.63) is 255 Å². The molecule has 382 valence electrons. The van der Waals surface area contributed by atoms with Crippen molar-refractivity contribution in [2.24, 2.45) is 7.05 Å². The first-order valence-corrected chi connectivity index (χ1v) is 26.5. The predicted octanol–water partition coefficient (Wildman–Crippen LogP) is 17.0. The summed E-state index contributed by atoms with van der Waals surface area (Å²) in [5, 5.41) is 6.90. The van der Waals surface area contributed by atoms with Crippen LogP contribution in [0.5, 0.6) is 11.5 Å². The van der Waals surface area contributed by atoms with Crippen LogP contribution in [-0.2, 0) is 33.5 Å². The third-order valence-electron chi connectivity index (χ3n) is 15.6. The molecule has 0 spiro atoms. The van der Waals surface area contributed by atoms with Crippen LogP contribution in [0.15, 0.2) is 231 Å². The number of hydrogen-bond acceptors (Lipinski definition) is 2. The number of pyridine rings is 1. The van der Waals surface area contributed by atoms with E-state index < -0.39 is 0 Å². The molecule has 10 aromatic carbocycles. The first-order valence-electron chi connectivity index (χ1n) is 26.5. The number of imidazole rings is 1. The zero-order chi connectivity index (χ0) is 52.2. The van der Waals surface area contributed by atoms with E-state index in [2.05, 4.69) is 281 Å². The van der Waals surface area contributed by atoms with E-state index >= 15 is 0 Å². The van der Waals surface area contributed by atoms with E-state index in [-0.39, 0.29) is 26.5 Å². The van der Waals surface area contributed by atoms with Crippen molar-refractivity contribution in [2.45, 2.75) is 26.2 Å². The van der Waals surface area contributed by atoms with Crippen LogP contribution in [-0.4, -0.2) is 23.3 Å². The molecule has 0 aliphatic carbocycles. The number of benzene rings is 10. The van der Waals surface area contributed by atoms with Gasteiger partial charge in [-0.15, -0.1) is 24.3 Å². The molecule has 0 atom stereocenters. The Kier molecular flexibility index (Phi) is 11.4. The minimum atomic E-state index is -0.131. The van der Waals surface area contributed by atoms with Crippen LogP contribution < -0.4 is 9.30 Å². The second-order valence-corrected chi connectivity index (χ2v) is 21.2. The molecule has 79 heavy (non-hydrogen) atoms. The first-order chi connectivity index (χ1) is 38.3. The van der Waals surface area contributed by atoms with Crippen molar-refractivity contribution in [3.8, 4) is 56.6 Å². The SMILES string of the molecule is Cn1c2ccccc2c2c1c1c3ccccc3n(-c3ccccc3)c1c1c3ccc(Oc4[c-]c(-[n+]5[c-]n(-c6c(-c7ccccc7)cccc6-c6ccccc6)c6ccccc65)ccc4)[c-]c3n(-c3cc(C(C)(C)C)ccn3)c21.[Pt]. The summed E-state index contributed by atoms with van der Waals surface area (Å²) in [6.07, 6.45) is 5.75. The quantitative estimate of drug-likeness (QED) is 0.112. The Morgan fingerprint density at radius 3 is 1.76 bits per heavy atom. The zero-order valence-corrected chi connectivity index (χ0v) is 46.1. The summed E-state index contributed by atoms with van der Waals surface area (Å²) in [4.78, 5) is 5.22.